The highest BCUT2D eigenvalue weighted by Gasteiger charge is 2.35. The number of hydrogen-bond donors (Lipinski definition) is 1. The molecule has 0 fully saturated rings. The summed E-state index contributed by atoms with van der Waals surface area (Å²) in [7, 11) is -0.270. The SMILES string of the molecule is CC.COC(CCn1cc(F)c(=S)[nH]c1=O)COP1OCc2c(F)c(C(C)(C)C)cc(C(C)(C)C)c2O1. The van der Waals surface area contributed by atoms with Gasteiger partial charge in [-0.05, 0) is 28.9 Å². The molecule has 2 heterocycles. The Morgan fingerprint density at radius 3 is 2.35 bits per heavy atom. The Morgan fingerprint density at radius 2 is 1.78 bits per heavy atom. The van der Waals surface area contributed by atoms with Gasteiger partial charge in [0.1, 0.15) is 16.2 Å². The number of aromatic nitrogens is 2. The normalized spacial score (nSPS) is 16.4. The van der Waals surface area contributed by atoms with Crippen LogP contribution >= 0.6 is 20.8 Å². The lowest BCUT2D eigenvalue weighted by molar-refractivity contribution is 0.0396. The Morgan fingerprint density at radius 1 is 1.16 bits per heavy atom. The average molecular weight is 561 g/mol. The highest BCUT2D eigenvalue weighted by molar-refractivity contribution is 7.71. The molecule has 1 N–H and O–H groups in total. The van der Waals surface area contributed by atoms with Gasteiger partial charge in [0.05, 0.1) is 24.9 Å². The van der Waals surface area contributed by atoms with Gasteiger partial charge in [-0.1, -0.05) is 67.6 Å². The smallest absolute Gasteiger partial charge is 0.397 e. The number of nitrogens with zero attached hydrogens (tertiary/aromatic N) is 1. The molecule has 0 spiro atoms. The van der Waals surface area contributed by atoms with Crippen LogP contribution < -0.4 is 10.2 Å². The maximum absolute atomic E-state index is 15.4. The molecule has 0 amide bonds. The first-order valence-electron chi connectivity index (χ1n) is 12.3. The van der Waals surface area contributed by atoms with E-state index >= 15 is 4.39 Å². The summed E-state index contributed by atoms with van der Waals surface area (Å²) >= 11 is 4.73. The van der Waals surface area contributed by atoms with Crippen molar-refractivity contribution in [1.29, 1.82) is 0 Å². The van der Waals surface area contributed by atoms with Crippen LogP contribution in [0, 0.1) is 16.3 Å². The molecule has 0 radical (unpaired) electrons. The lowest BCUT2D eigenvalue weighted by atomic mass is 9.78. The third-order valence-corrected chi connectivity index (χ3v) is 7.09. The van der Waals surface area contributed by atoms with Gasteiger partial charge < -0.3 is 9.26 Å². The minimum absolute atomic E-state index is 0.0372. The van der Waals surface area contributed by atoms with E-state index < -0.39 is 26.2 Å². The minimum atomic E-state index is -1.79. The van der Waals surface area contributed by atoms with Crippen LogP contribution in [0.25, 0.3) is 0 Å². The molecule has 1 aromatic carbocycles. The van der Waals surface area contributed by atoms with Crippen molar-refractivity contribution in [3.63, 3.8) is 0 Å². The van der Waals surface area contributed by atoms with Crippen molar-refractivity contribution in [2.45, 2.75) is 91.9 Å². The van der Waals surface area contributed by atoms with E-state index in [2.05, 4.69) is 25.8 Å². The van der Waals surface area contributed by atoms with Gasteiger partial charge in [0, 0.05) is 25.4 Å². The zero-order valence-electron chi connectivity index (χ0n) is 23.2. The number of ether oxygens (including phenoxy) is 1. The van der Waals surface area contributed by atoms with E-state index in [9.17, 15) is 9.18 Å². The molecule has 1 aliphatic rings. The zero-order chi connectivity index (χ0) is 28.1. The highest BCUT2D eigenvalue weighted by Crippen LogP contribution is 2.52. The van der Waals surface area contributed by atoms with Gasteiger partial charge in [-0.2, -0.15) is 0 Å². The monoisotopic (exact) mass is 560 g/mol. The van der Waals surface area contributed by atoms with E-state index in [1.165, 1.54) is 11.7 Å². The van der Waals surface area contributed by atoms with Crippen molar-refractivity contribution in [2.24, 2.45) is 0 Å². The van der Waals surface area contributed by atoms with Crippen LogP contribution in [0.1, 0.15) is 78.5 Å². The number of fused-ring (bicyclic) bond motifs is 1. The molecule has 208 valence electrons. The Labute approximate surface area is 224 Å². The van der Waals surface area contributed by atoms with Gasteiger partial charge in [-0.15, -0.1) is 0 Å². The number of hydrogen-bond acceptors (Lipinski definition) is 6. The van der Waals surface area contributed by atoms with Crippen molar-refractivity contribution < 1.29 is 27.1 Å². The summed E-state index contributed by atoms with van der Waals surface area (Å²) in [6.07, 6.45) is 1.03. The number of benzene rings is 1. The van der Waals surface area contributed by atoms with Crippen molar-refractivity contribution in [2.75, 3.05) is 13.7 Å². The van der Waals surface area contributed by atoms with Crippen LogP contribution in [-0.2, 0) is 37.8 Å². The van der Waals surface area contributed by atoms with E-state index in [1.807, 2.05) is 40.7 Å². The molecule has 0 saturated heterocycles. The number of aryl methyl sites for hydroxylation is 1. The molecule has 1 aromatic heterocycles. The molecule has 11 heteroatoms. The van der Waals surface area contributed by atoms with Crippen LogP contribution in [0.2, 0.25) is 0 Å². The molecule has 2 unspecified atom stereocenters. The lowest BCUT2D eigenvalue weighted by Gasteiger charge is -2.33. The summed E-state index contributed by atoms with van der Waals surface area (Å²) in [5, 5.41) is 0. The maximum atomic E-state index is 15.4. The van der Waals surface area contributed by atoms with Crippen LogP contribution in [0.3, 0.4) is 0 Å². The Balaban J connectivity index is 0.00000235. The van der Waals surface area contributed by atoms with E-state index in [4.69, 9.17) is 30.5 Å². The van der Waals surface area contributed by atoms with Gasteiger partial charge in [0.2, 0.25) is 0 Å². The summed E-state index contributed by atoms with van der Waals surface area (Å²) in [6, 6.07) is 1.88. The fourth-order valence-corrected chi connectivity index (χ4v) is 4.86. The van der Waals surface area contributed by atoms with Gasteiger partial charge in [-0.25, -0.2) is 13.6 Å². The van der Waals surface area contributed by atoms with E-state index in [0.717, 1.165) is 11.8 Å². The summed E-state index contributed by atoms with van der Waals surface area (Å²) < 4.78 is 53.1. The average Bonchev–Trinajstić information content (AvgIpc) is 2.82. The fraction of sp³-hybridized carbons (Fsp3) is 0.615. The predicted octanol–water partition coefficient (Wildman–Crippen LogP) is 7.06. The van der Waals surface area contributed by atoms with Gasteiger partial charge in [-0.3, -0.25) is 18.6 Å². The molecular weight excluding hydrogens is 521 g/mol. The van der Waals surface area contributed by atoms with Crippen LogP contribution in [0.4, 0.5) is 8.78 Å². The lowest BCUT2D eigenvalue weighted by Crippen LogP contribution is -2.27. The highest BCUT2D eigenvalue weighted by atomic mass is 32.1. The first-order chi connectivity index (χ1) is 17.2. The number of aromatic amines is 1. The van der Waals surface area contributed by atoms with E-state index in [1.54, 1.807) is 0 Å². The van der Waals surface area contributed by atoms with Gasteiger partial charge in [0.15, 0.2) is 5.82 Å². The topological polar surface area (TPSA) is 74.7 Å². The Hall–Kier alpha value is -1.71. The number of nitrogens with one attached hydrogen (secondary N) is 1. The predicted molar refractivity (Wildman–Crippen MR) is 145 cm³/mol. The third-order valence-electron chi connectivity index (χ3n) is 5.76. The summed E-state index contributed by atoms with van der Waals surface area (Å²) in [5.74, 6) is -0.521. The summed E-state index contributed by atoms with van der Waals surface area (Å²) in [5.41, 5.74) is 0.745. The van der Waals surface area contributed by atoms with Crippen molar-refractivity contribution in [3.8, 4) is 5.75 Å². The zero-order valence-corrected chi connectivity index (χ0v) is 24.9. The standard InChI is InChI=1S/C24H33F2N2O5PS.C2H6/c1-23(2,3)16-10-17(24(4,5)6)20-15(19(16)26)13-32-34(33-20)31-12-14(30-7)8-9-28-11-18(25)21(35)27-22(28)29;1-2/h10-11,14H,8-9,12-13H2,1-7H3,(H,27,29,35);1-2H3. The molecule has 0 saturated carbocycles. The molecule has 2 atom stereocenters. The van der Waals surface area contributed by atoms with Crippen molar-refractivity contribution in [1.82, 2.24) is 9.55 Å². The van der Waals surface area contributed by atoms with E-state index in [0.29, 0.717) is 23.3 Å². The van der Waals surface area contributed by atoms with Crippen LogP contribution in [0.5, 0.6) is 5.75 Å². The first-order valence-corrected chi connectivity index (χ1v) is 13.8. The van der Waals surface area contributed by atoms with E-state index in [-0.39, 0.29) is 41.0 Å². The number of halogens is 2. The number of rotatable bonds is 7. The number of H-pyrrole nitrogens is 1. The largest absolute Gasteiger partial charge is 0.426 e. The Bertz CT molecular complexity index is 1190. The van der Waals surface area contributed by atoms with Crippen molar-refractivity contribution >= 4 is 20.8 Å². The second-order valence-electron chi connectivity index (χ2n) is 10.6. The molecule has 1 aliphatic heterocycles. The number of methoxy groups -OCH3 is 1. The van der Waals surface area contributed by atoms with Crippen LogP contribution in [0.15, 0.2) is 17.1 Å². The third kappa shape index (κ3) is 7.90. The summed E-state index contributed by atoms with van der Waals surface area (Å²) in [6.45, 7) is 16.4. The quantitative estimate of drug-likeness (QED) is 0.289. The molecule has 3 rings (SSSR count). The molecule has 37 heavy (non-hydrogen) atoms. The fourth-order valence-electron chi connectivity index (χ4n) is 3.66. The van der Waals surface area contributed by atoms with Crippen LogP contribution in [-0.4, -0.2) is 29.4 Å². The van der Waals surface area contributed by atoms with Gasteiger partial charge >= 0.3 is 14.3 Å². The molecule has 2 aromatic rings. The molecule has 0 aliphatic carbocycles. The minimum Gasteiger partial charge on any atom is -0.426 e. The molecule has 7 nitrogen and oxygen atoms in total. The second kappa shape index (κ2) is 12.9. The molecule has 0 bridgehead atoms. The second-order valence-corrected chi connectivity index (χ2v) is 12.1. The maximum Gasteiger partial charge on any atom is 0.397 e. The first kappa shape index (κ1) is 31.5. The molecular formula is C26H39F2N2O5PS. The van der Waals surface area contributed by atoms with Gasteiger partial charge in [0.25, 0.3) is 0 Å². The summed E-state index contributed by atoms with van der Waals surface area (Å²) in [4.78, 5) is 14.3. The Kier molecular flexibility index (Phi) is 11.0. The van der Waals surface area contributed by atoms with Crippen molar-refractivity contribution in [3.05, 3.63) is 55.7 Å².